The van der Waals surface area contributed by atoms with Crippen LogP contribution < -0.4 is 5.32 Å². The molecule has 2 N–H and O–H groups in total. The molecule has 1 aromatic carbocycles. The summed E-state index contributed by atoms with van der Waals surface area (Å²) in [5, 5.41) is 4.60. The van der Waals surface area contributed by atoms with Crippen LogP contribution in [0.3, 0.4) is 0 Å². The molecule has 4 rings (SSSR count). The van der Waals surface area contributed by atoms with Gasteiger partial charge in [-0.25, -0.2) is 9.97 Å². The number of nitrogens with one attached hydrogen (secondary N) is 2. The van der Waals surface area contributed by atoms with Gasteiger partial charge in [-0.1, -0.05) is 30.3 Å². The maximum atomic E-state index is 4.36. The Morgan fingerprint density at radius 3 is 2.75 bits per heavy atom. The lowest BCUT2D eigenvalue weighted by molar-refractivity contribution is 0.373. The van der Waals surface area contributed by atoms with Crippen molar-refractivity contribution in [2.45, 2.75) is 24.8 Å². The van der Waals surface area contributed by atoms with Gasteiger partial charge < -0.3 is 10.3 Å². The number of aromatic nitrogens is 3. The van der Waals surface area contributed by atoms with Gasteiger partial charge in [0.1, 0.15) is 17.8 Å². The topological polar surface area (TPSA) is 53.6 Å². The lowest BCUT2D eigenvalue weighted by atomic mass is 9.76. The Balaban J connectivity index is 1.46. The van der Waals surface area contributed by atoms with Gasteiger partial charge in [-0.3, -0.25) is 0 Å². The lowest BCUT2D eigenvalue weighted by Gasteiger charge is -2.36. The number of H-pyrrole nitrogens is 1. The SMILES string of the molecule is c1ccc(C2CC(Nc3ncnc4[nH]ccc34)C2)cc1. The van der Waals surface area contributed by atoms with Crippen molar-refractivity contribution >= 4 is 16.9 Å². The zero-order valence-corrected chi connectivity index (χ0v) is 11.1. The third kappa shape index (κ3) is 1.93. The highest BCUT2D eigenvalue weighted by Gasteiger charge is 2.30. The minimum absolute atomic E-state index is 0.508. The molecular weight excluding hydrogens is 248 g/mol. The summed E-state index contributed by atoms with van der Waals surface area (Å²) >= 11 is 0. The Bertz CT molecular complexity index is 713. The normalized spacial score (nSPS) is 21.6. The van der Waals surface area contributed by atoms with E-state index in [1.54, 1.807) is 6.33 Å². The molecule has 100 valence electrons. The van der Waals surface area contributed by atoms with Crippen LogP contribution in [0.25, 0.3) is 11.0 Å². The second kappa shape index (κ2) is 4.63. The van der Waals surface area contributed by atoms with Crippen LogP contribution in [-0.4, -0.2) is 21.0 Å². The summed E-state index contributed by atoms with van der Waals surface area (Å²) in [6.07, 6.45) is 5.84. The second-order valence-electron chi connectivity index (χ2n) is 5.38. The van der Waals surface area contributed by atoms with E-state index >= 15 is 0 Å². The smallest absolute Gasteiger partial charge is 0.142 e. The van der Waals surface area contributed by atoms with E-state index in [9.17, 15) is 0 Å². The zero-order chi connectivity index (χ0) is 13.4. The van der Waals surface area contributed by atoms with E-state index in [2.05, 4.69) is 50.6 Å². The van der Waals surface area contributed by atoms with Crippen LogP contribution in [0.4, 0.5) is 5.82 Å². The van der Waals surface area contributed by atoms with Crippen molar-refractivity contribution in [2.75, 3.05) is 5.32 Å². The van der Waals surface area contributed by atoms with E-state index in [1.807, 2.05) is 12.3 Å². The van der Waals surface area contributed by atoms with E-state index in [0.717, 1.165) is 16.9 Å². The highest BCUT2D eigenvalue weighted by Crippen LogP contribution is 2.38. The number of nitrogens with zero attached hydrogens (tertiary/aromatic N) is 2. The lowest BCUT2D eigenvalue weighted by Crippen LogP contribution is -2.34. The molecule has 1 fully saturated rings. The highest BCUT2D eigenvalue weighted by molar-refractivity contribution is 5.86. The van der Waals surface area contributed by atoms with Crippen LogP contribution in [0.15, 0.2) is 48.9 Å². The third-order valence-electron chi connectivity index (χ3n) is 4.10. The molecule has 1 aliphatic rings. The van der Waals surface area contributed by atoms with Crippen molar-refractivity contribution in [3.8, 4) is 0 Å². The average Bonchev–Trinajstić information content (AvgIpc) is 2.92. The molecule has 0 atom stereocenters. The molecule has 0 amide bonds. The number of hydrogen-bond donors (Lipinski definition) is 2. The van der Waals surface area contributed by atoms with Gasteiger partial charge in [0.25, 0.3) is 0 Å². The van der Waals surface area contributed by atoms with Crippen LogP contribution in [0.2, 0.25) is 0 Å². The van der Waals surface area contributed by atoms with E-state index in [-0.39, 0.29) is 0 Å². The first-order chi connectivity index (χ1) is 9.90. The summed E-state index contributed by atoms with van der Waals surface area (Å²) in [5.41, 5.74) is 2.33. The number of rotatable bonds is 3. The summed E-state index contributed by atoms with van der Waals surface area (Å²) in [6, 6.07) is 13.3. The van der Waals surface area contributed by atoms with Gasteiger partial charge in [0, 0.05) is 12.2 Å². The van der Waals surface area contributed by atoms with Crippen molar-refractivity contribution in [2.24, 2.45) is 0 Å². The number of aromatic amines is 1. The van der Waals surface area contributed by atoms with Crippen molar-refractivity contribution < 1.29 is 0 Å². The van der Waals surface area contributed by atoms with E-state index < -0.39 is 0 Å². The Labute approximate surface area is 117 Å². The van der Waals surface area contributed by atoms with Gasteiger partial charge in [-0.15, -0.1) is 0 Å². The van der Waals surface area contributed by atoms with Crippen molar-refractivity contribution in [1.82, 2.24) is 15.0 Å². The standard InChI is InChI=1S/C16H16N4/c1-2-4-11(5-3-1)12-8-13(9-12)20-16-14-6-7-17-15(14)18-10-19-16/h1-7,10,12-13H,8-9H2,(H2,17,18,19,20). The fourth-order valence-corrected chi connectivity index (χ4v) is 2.91. The molecule has 1 aliphatic carbocycles. The van der Waals surface area contributed by atoms with Gasteiger partial charge in [0.05, 0.1) is 5.39 Å². The molecule has 0 spiro atoms. The Hall–Kier alpha value is -2.36. The molecule has 0 bridgehead atoms. The number of anilines is 1. The van der Waals surface area contributed by atoms with Crippen molar-refractivity contribution in [3.05, 3.63) is 54.5 Å². The van der Waals surface area contributed by atoms with Gasteiger partial charge >= 0.3 is 0 Å². The molecule has 0 aliphatic heterocycles. The summed E-state index contributed by atoms with van der Waals surface area (Å²) < 4.78 is 0. The maximum absolute atomic E-state index is 4.36. The monoisotopic (exact) mass is 264 g/mol. The van der Waals surface area contributed by atoms with Gasteiger partial charge in [0.15, 0.2) is 0 Å². The van der Waals surface area contributed by atoms with Crippen LogP contribution in [0.5, 0.6) is 0 Å². The molecule has 20 heavy (non-hydrogen) atoms. The summed E-state index contributed by atoms with van der Waals surface area (Å²) in [6.45, 7) is 0. The van der Waals surface area contributed by atoms with E-state index in [0.29, 0.717) is 12.0 Å². The first-order valence-corrected chi connectivity index (χ1v) is 7.00. The molecule has 4 nitrogen and oxygen atoms in total. The summed E-state index contributed by atoms with van der Waals surface area (Å²) in [5.74, 6) is 1.62. The zero-order valence-electron chi connectivity index (χ0n) is 11.1. The quantitative estimate of drug-likeness (QED) is 0.763. The predicted molar refractivity (Wildman–Crippen MR) is 79.7 cm³/mol. The van der Waals surface area contributed by atoms with Crippen LogP contribution in [0.1, 0.15) is 24.3 Å². The summed E-state index contributed by atoms with van der Waals surface area (Å²) in [7, 11) is 0. The van der Waals surface area contributed by atoms with Crippen LogP contribution >= 0.6 is 0 Å². The van der Waals surface area contributed by atoms with Crippen LogP contribution in [-0.2, 0) is 0 Å². The predicted octanol–water partition coefficient (Wildman–Crippen LogP) is 3.32. The fourth-order valence-electron chi connectivity index (χ4n) is 2.91. The molecule has 3 aromatic rings. The molecule has 2 heterocycles. The molecule has 0 unspecified atom stereocenters. The molecule has 1 saturated carbocycles. The van der Waals surface area contributed by atoms with Crippen molar-refractivity contribution in [3.63, 3.8) is 0 Å². The Morgan fingerprint density at radius 1 is 1.05 bits per heavy atom. The first kappa shape index (κ1) is 11.5. The average molecular weight is 264 g/mol. The molecule has 4 heteroatoms. The summed E-state index contributed by atoms with van der Waals surface area (Å²) in [4.78, 5) is 11.7. The highest BCUT2D eigenvalue weighted by atomic mass is 15.1. The van der Waals surface area contributed by atoms with Crippen LogP contribution in [0, 0.1) is 0 Å². The number of hydrogen-bond acceptors (Lipinski definition) is 3. The molecule has 0 saturated heterocycles. The van der Waals surface area contributed by atoms with Gasteiger partial charge in [-0.2, -0.15) is 0 Å². The van der Waals surface area contributed by atoms with E-state index in [4.69, 9.17) is 0 Å². The number of fused-ring (bicyclic) bond motifs is 1. The Morgan fingerprint density at radius 2 is 1.90 bits per heavy atom. The largest absolute Gasteiger partial charge is 0.367 e. The van der Waals surface area contributed by atoms with Gasteiger partial charge in [-0.05, 0) is 30.4 Å². The molecular formula is C16H16N4. The molecule has 0 radical (unpaired) electrons. The fraction of sp³-hybridized carbons (Fsp3) is 0.250. The third-order valence-corrected chi connectivity index (χ3v) is 4.10. The Kier molecular flexibility index (Phi) is 2.66. The minimum Gasteiger partial charge on any atom is -0.367 e. The van der Waals surface area contributed by atoms with E-state index in [1.165, 1.54) is 18.4 Å². The maximum Gasteiger partial charge on any atom is 0.142 e. The van der Waals surface area contributed by atoms with Crippen molar-refractivity contribution in [1.29, 1.82) is 0 Å². The second-order valence-corrected chi connectivity index (χ2v) is 5.38. The first-order valence-electron chi connectivity index (χ1n) is 7.00. The minimum atomic E-state index is 0.508. The molecule has 2 aromatic heterocycles. The van der Waals surface area contributed by atoms with Gasteiger partial charge in [0.2, 0.25) is 0 Å². The number of benzene rings is 1.